The van der Waals surface area contributed by atoms with E-state index in [0.29, 0.717) is 57.5 Å². The van der Waals surface area contributed by atoms with Gasteiger partial charge in [-0.25, -0.2) is 8.42 Å². The fraction of sp³-hybridized carbons (Fsp3) is 0.857. The van der Waals surface area contributed by atoms with Crippen molar-refractivity contribution in [3.63, 3.8) is 0 Å². The highest BCUT2D eigenvalue weighted by molar-refractivity contribution is 7.89. The van der Waals surface area contributed by atoms with Gasteiger partial charge < -0.3 is 9.26 Å². The Hall–Kier alpha value is -1.03. The van der Waals surface area contributed by atoms with Crippen LogP contribution >= 0.6 is 0 Å². The monoisotopic (exact) mass is 344 g/mol. The Labute approximate surface area is 136 Å². The Bertz CT molecular complexity index is 624. The molecule has 0 aliphatic carbocycles. The quantitative estimate of drug-likeness (QED) is 0.757. The zero-order valence-electron chi connectivity index (χ0n) is 13.6. The maximum absolute atomic E-state index is 12.7. The van der Waals surface area contributed by atoms with Crippen molar-refractivity contribution >= 4 is 10.0 Å². The molecule has 0 amide bonds. The van der Waals surface area contributed by atoms with Gasteiger partial charge in [0.25, 0.3) is 0 Å². The standard InChI is InChI=1S/C14H24N4O4S/c1-3-14-15-13(16-22-14)10-17-5-7-18(8-6-17)23(19,20)12-4-9-21-11(12)2/h11-12H,3-10H2,1-2H3/t11-,12-/m1/s1. The van der Waals surface area contributed by atoms with Crippen molar-refractivity contribution in [1.82, 2.24) is 19.3 Å². The summed E-state index contributed by atoms with van der Waals surface area (Å²) in [6.07, 6.45) is 1.09. The molecule has 2 saturated heterocycles. The van der Waals surface area contributed by atoms with Gasteiger partial charge in [-0.2, -0.15) is 9.29 Å². The molecule has 0 radical (unpaired) electrons. The molecular weight excluding hydrogens is 320 g/mol. The van der Waals surface area contributed by atoms with Crippen molar-refractivity contribution in [2.45, 2.75) is 44.6 Å². The van der Waals surface area contributed by atoms with E-state index in [2.05, 4.69) is 15.0 Å². The minimum atomic E-state index is -3.28. The number of aryl methyl sites for hydroxylation is 1. The molecule has 8 nitrogen and oxygen atoms in total. The van der Waals surface area contributed by atoms with E-state index in [4.69, 9.17) is 9.26 Å². The van der Waals surface area contributed by atoms with Gasteiger partial charge in [-0.1, -0.05) is 12.1 Å². The number of hydrogen-bond donors (Lipinski definition) is 0. The van der Waals surface area contributed by atoms with Gasteiger partial charge in [-0.3, -0.25) is 4.90 Å². The number of rotatable bonds is 5. The van der Waals surface area contributed by atoms with Crippen LogP contribution < -0.4 is 0 Å². The van der Waals surface area contributed by atoms with E-state index in [-0.39, 0.29) is 6.10 Å². The van der Waals surface area contributed by atoms with Crippen LogP contribution in [0.1, 0.15) is 32.0 Å². The summed E-state index contributed by atoms with van der Waals surface area (Å²) in [5.74, 6) is 1.30. The molecule has 2 aliphatic rings. The van der Waals surface area contributed by atoms with Gasteiger partial charge in [0.1, 0.15) is 5.25 Å². The summed E-state index contributed by atoms with van der Waals surface area (Å²) in [7, 11) is -3.28. The second-order valence-corrected chi connectivity index (χ2v) is 8.23. The fourth-order valence-electron chi connectivity index (χ4n) is 3.13. The molecule has 2 fully saturated rings. The lowest BCUT2D eigenvalue weighted by molar-refractivity contribution is 0.124. The first-order chi connectivity index (χ1) is 11.0. The second kappa shape index (κ2) is 6.84. The molecule has 3 rings (SSSR count). The fourth-order valence-corrected chi connectivity index (χ4v) is 5.15. The zero-order chi connectivity index (χ0) is 16.4. The predicted molar refractivity (Wildman–Crippen MR) is 83.3 cm³/mol. The molecule has 0 bridgehead atoms. The molecule has 0 unspecified atom stereocenters. The van der Waals surface area contributed by atoms with E-state index in [1.807, 2.05) is 13.8 Å². The van der Waals surface area contributed by atoms with Crippen LogP contribution in [-0.2, 0) is 27.7 Å². The first kappa shape index (κ1) is 16.8. The average molecular weight is 344 g/mol. The van der Waals surface area contributed by atoms with Crippen molar-refractivity contribution in [3.05, 3.63) is 11.7 Å². The summed E-state index contributed by atoms with van der Waals surface area (Å²) in [5.41, 5.74) is 0. The molecule has 2 aliphatic heterocycles. The predicted octanol–water partition coefficient (Wildman–Crippen LogP) is 0.257. The number of piperazine rings is 1. The van der Waals surface area contributed by atoms with Crippen molar-refractivity contribution in [2.24, 2.45) is 0 Å². The van der Waals surface area contributed by atoms with E-state index < -0.39 is 15.3 Å². The van der Waals surface area contributed by atoms with Gasteiger partial charge in [0.2, 0.25) is 15.9 Å². The molecule has 0 spiro atoms. The lowest BCUT2D eigenvalue weighted by Gasteiger charge is -2.35. The average Bonchev–Trinajstić information content (AvgIpc) is 3.17. The van der Waals surface area contributed by atoms with E-state index in [1.165, 1.54) is 0 Å². The maximum atomic E-state index is 12.7. The van der Waals surface area contributed by atoms with Gasteiger partial charge in [0, 0.05) is 39.2 Å². The molecule has 9 heteroatoms. The highest BCUT2D eigenvalue weighted by Gasteiger charge is 2.40. The van der Waals surface area contributed by atoms with Crippen LogP contribution in [0.15, 0.2) is 4.52 Å². The number of hydrogen-bond acceptors (Lipinski definition) is 7. The first-order valence-corrected chi connectivity index (χ1v) is 9.65. The molecule has 1 aromatic heterocycles. The Morgan fingerprint density at radius 2 is 2.00 bits per heavy atom. The van der Waals surface area contributed by atoms with Crippen LogP contribution in [0.3, 0.4) is 0 Å². The summed E-state index contributed by atoms with van der Waals surface area (Å²) < 4.78 is 37.5. The molecule has 0 saturated carbocycles. The summed E-state index contributed by atoms with van der Waals surface area (Å²) in [6.45, 7) is 7.30. The van der Waals surface area contributed by atoms with E-state index in [9.17, 15) is 8.42 Å². The van der Waals surface area contributed by atoms with Crippen molar-refractivity contribution < 1.29 is 17.7 Å². The molecule has 2 atom stereocenters. The Balaban J connectivity index is 1.55. The third-order valence-corrected chi connectivity index (χ3v) is 7.03. The maximum Gasteiger partial charge on any atom is 0.226 e. The van der Waals surface area contributed by atoms with Gasteiger partial charge in [0.05, 0.1) is 12.6 Å². The summed E-state index contributed by atoms with van der Waals surface area (Å²) in [4.78, 5) is 6.45. The largest absolute Gasteiger partial charge is 0.377 e. The molecule has 1 aromatic rings. The highest BCUT2D eigenvalue weighted by Crippen LogP contribution is 2.24. The molecule has 23 heavy (non-hydrogen) atoms. The third-order valence-electron chi connectivity index (χ3n) is 4.56. The van der Waals surface area contributed by atoms with E-state index >= 15 is 0 Å². The van der Waals surface area contributed by atoms with Crippen LogP contribution in [0.5, 0.6) is 0 Å². The normalized spacial score (nSPS) is 27.6. The lowest BCUT2D eigenvalue weighted by Crippen LogP contribution is -2.51. The SMILES string of the molecule is CCc1nc(CN2CCN(S(=O)(=O)[C@@H]3CCO[C@@H]3C)CC2)no1. The van der Waals surface area contributed by atoms with Crippen LogP contribution in [0.25, 0.3) is 0 Å². The third kappa shape index (κ3) is 3.57. The van der Waals surface area contributed by atoms with Crippen molar-refractivity contribution in [1.29, 1.82) is 0 Å². The molecule has 130 valence electrons. The van der Waals surface area contributed by atoms with Crippen molar-refractivity contribution in [3.8, 4) is 0 Å². The number of nitrogens with zero attached hydrogens (tertiary/aromatic N) is 4. The molecule has 3 heterocycles. The summed E-state index contributed by atoms with van der Waals surface area (Å²) in [6, 6.07) is 0. The minimum absolute atomic E-state index is 0.218. The van der Waals surface area contributed by atoms with E-state index in [1.54, 1.807) is 4.31 Å². The summed E-state index contributed by atoms with van der Waals surface area (Å²) >= 11 is 0. The topological polar surface area (TPSA) is 88.8 Å². The second-order valence-electron chi connectivity index (χ2n) is 6.08. The molecule has 0 aromatic carbocycles. The lowest BCUT2D eigenvalue weighted by atomic mass is 10.3. The van der Waals surface area contributed by atoms with Crippen LogP contribution in [0.2, 0.25) is 0 Å². The number of sulfonamides is 1. The first-order valence-electron chi connectivity index (χ1n) is 8.15. The number of aromatic nitrogens is 2. The number of ether oxygens (including phenoxy) is 1. The van der Waals surface area contributed by atoms with Crippen molar-refractivity contribution in [2.75, 3.05) is 32.8 Å². The van der Waals surface area contributed by atoms with E-state index in [0.717, 1.165) is 6.42 Å². The van der Waals surface area contributed by atoms with Gasteiger partial charge in [-0.05, 0) is 13.3 Å². The summed E-state index contributed by atoms with van der Waals surface area (Å²) in [5, 5.41) is 3.54. The Morgan fingerprint density at radius 1 is 1.26 bits per heavy atom. The van der Waals surface area contributed by atoms with Gasteiger partial charge in [-0.15, -0.1) is 0 Å². The van der Waals surface area contributed by atoms with Crippen LogP contribution in [-0.4, -0.2) is 71.9 Å². The van der Waals surface area contributed by atoms with Gasteiger partial charge >= 0.3 is 0 Å². The van der Waals surface area contributed by atoms with Gasteiger partial charge in [0.15, 0.2) is 5.82 Å². The molecular formula is C14H24N4O4S. The smallest absolute Gasteiger partial charge is 0.226 e. The highest BCUT2D eigenvalue weighted by atomic mass is 32.2. The Morgan fingerprint density at radius 3 is 2.57 bits per heavy atom. The van der Waals surface area contributed by atoms with Crippen LogP contribution in [0.4, 0.5) is 0 Å². The van der Waals surface area contributed by atoms with Crippen LogP contribution in [0, 0.1) is 0 Å². The molecule has 0 N–H and O–H groups in total. The minimum Gasteiger partial charge on any atom is -0.377 e. The Kier molecular flexibility index (Phi) is 5.00. The zero-order valence-corrected chi connectivity index (χ0v) is 14.5.